The van der Waals surface area contributed by atoms with Crippen molar-refractivity contribution in [1.82, 2.24) is 14.9 Å². The van der Waals surface area contributed by atoms with Gasteiger partial charge in [-0.05, 0) is 68.7 Å². The zero-order chi connectivity index (χ0) is 29.2. The number of pyridine rings is 1. The highest BCUT2D eigenvalue weighted by molar-refractivity contribution is 7.92. The highest BCUT2D eigenvalue weighted by atomic mass is 32.2. The number of methoxy groups -OCH3 is 1. The number of nitrogens with zero attached hydrogens (tertiary/aromatic N) is 4. The molecule has 1 N–H and O–H groups in total. The van der Waals surface area contributed by atoms with Gasteiger partial charge >= 0.3 is 0 Å². The van der Waals surface area contributed by atoms with Gasteiger partial charge in [0.05, 0.1) is 30.5 Å². The average Bonchev–Trinajstić information content (AvgIpc) is 3.49. The number of rotatable bonds is 11. The Kier molecular flexibility index (Phi) is 8.30. The number of likely N-dealkylation sites (tertiary alicyclic amines) is 1. The SMILES string of the molecule is COc1ccc(CN(c2cscn2)S(=O)(=O)c2ccc(NCc3c(F)cccc3CN3CCC3(C)C)c(C)n2)cc1. The number of nitrogens with one attached hydrogen (secondary N) is 1. The van der Waals surface area contributed by atoms with Crippen LogP contribution in [0, 0.1) is 12.7 Å². The largest absolute Gasteiger partial charge is 0.497 e. The van der Waals surface area contributed by atoms with Gasteiger partial charge in [-0.15, -0.1) is 11.3 Å². The Morgan fingerprint density at radius 1 is 1.15 bits per heavy atom. The first-order valence-corrected chi connectivity index (χ1v) is 15.7. The molecular weight excluding hydrogens is 561 g/mol. The number of anilines is 2. The molecule has 0 radical (unpaired) electrons. The van der Waals surface area contributed by atoms with Crippen LogP contribution in [0.1, 0.15) is 42.7 Å². The fraction of sp³-hybridized carbons (Fsp3) is 0.333. The van der Waals surface area contributed by atoms with Gasteiger partial charge in [0.15, 0.2) is 10.8 Å². The molecule has 2 aromatic carbocycles. The van der Waals surface area contributed by atoms with Crippen LogP contribution in [0.2, 0.25) is 0 Å². The minimum absolute atomic E-state index is 0.0840. The van der Waals surface area contributed by atoms with Gasteiger partial charge in [-0.1, -0.05) is 24.3 Å². The second kappa shape index (κ2) is 11.8. The third-order valence-electron chi connectivity index (χ3n) is 7.66. The fourth-order valence-electron chi connectivity index (χ4n) is 4.85. The number of hydrogen-bond donors (Lipinski definition) is 1. The summed E-state index contributed by atoms with van der Waals surface area (Å²) in [5, 5.41) is 4.88. The van der Waals surface area contributed by atoms with Crippen molar-refractivity contribution >= 4 is 32.9 Å². The van der Waals surface area contributed by atoms with Crippen molar-refractivity contribution in [3.63, 3.8) is 0 Å². The molecule has 1 aliphatic heterocycles. The van der Waals surface area contributed by atoms with E-state index >= 15 is 0 Å². The monoisotopic (exact) mass is 595 g/mol. The van der Waals surface area contributed by atoms with E-state index in [1.54, 1.807) is 49.2 Å². The zero-order valence-corrected chi connectivity index (χ0v) is 25.2. The van der Waals surface area contributed by atoms with Gasteiger partial charge in [-0.25, -0.2) is 18.7 Å². The molecule has 2 aromatic heterocycles. The Balaban J connectivity index is 1.36. The normalized spacial score (nSPS) is 14.9. The number of aryl methyl sites for hydroxylation is 1. The van der Waals surface area contributed by atoms with E-state index in [1.165, 1.54) is 27.8 Å². The van der Waals surface area contributed by atoms with Crippen LogP contribution < -0.4 is 14.4 Å². The summed E-state index contributed by atoms with van der Waals surface area (Å²) in [5.74, 6) is 0.740. The van der Waals surface area contributed by atoms with E-state index in [2.05, 4.69) is 34.0 Å². The summed E-state index contributed by atoms with van der Waals surface area (Å²) < 4.78 is 49.0. The maximum absolute atomic E-state index is 14.9. The predicted octanol–water partition coefficient (Wildman–Crippen LogP) is 5.99. The summed E-state index contributed by atoms with van der Waals surface area (Å²) in [7, 11) is -2.46. The maximum atomic E-state index is 14.9. The van der Waals surface area contributed by atoms with Crippen LogP contribution in [0.25, 0.3) is 0 Å². The molecule has 11 heteroatoms. The zero-order valence-electron chi connectivity index (χ0n) is 23.6. The first kappa shape index (κ1) is 29.0. The van der Waals surface area contributed by atoms with Crippen molar-refractivity contribution in [2.45, 2.75) is 57.4 Å². The number of sulfonamides is 1. The maximum Gasteiger partial charge on any atom is 0.283 e. The highest BCUT2D eigenvalue weighted by Gasteiger charge is 2.36. The lowest BCUT2D eigenvalue weighted by molar-refractivity contribution is 0.00766. The molecule has 0 unspecified atom stereocenters. The summed E-state index contributed by atoms with van der Waals surface area (Å²) in [6.07, 6.45) is 1.12. The topological polar surface area (TPSA) is 87.7 Å². The number of hydrogen-bond acceptors (Lipinski definition) is 8. The Morgan fingerprint density at radius 2 is 1.93 bits per heavy atom. The summed E-state index contributed by atoms with van der Waals surface area (Å²) in [6, 6.07) is 15.5. The van der Waals surface area contributed by atoms with Gasteiger partial charge in [-0.2, -0.15) is 8.42 Å². The van der Waals surface area contributed by atoms with Gasteiger partial charge < -0.3 is 10.1 Å². The van der Waals surface area contributed by atoms with E-state index in [9.17, 15) is 12.8 Å². The Bertz CT molecular complexity index is 1610. The van der Waals surface area contributed by atoms with Gasteiger partial charge in [0.1, 0.15) is 11.6 Å². The minimum Gasteiger partial charge on any atom is -0.497 e. The molecule has 5 rings (SSSR count). The molecular formula is C30H34FN5O3S2. The molecule has 0 saturated carbocycles. The lowest BCUT2D eigenvalue weighted by atomic mass is 9.88. The van der Waals surface area contributed by atoms with Crippen molar-refractivity contribution in [2.24, 2.45) is 0 Å². The molecule has 3 heterocycles. The first-order valence-electron chi connectivity index (χ1n) is 13.4. The van der Waals surface area contributed by atoms with E-state index in [4.69, 9.17) is 4.74 Å². The highest BCUT2D eigenvalue weighted by Crippen LogP contribution is 2.32. The molecule has 0 spiro atoms. The molecule has 0 bridgehead atoms. The lowest BCUT2D eigenvalue weighted by Gasteiger charge is -2.48. The summed E-state index contributed by atoms with van der Waals surface area (Å²) >= 11 is 1.32. The van der Waals surface area contributed by atoms with Crippen LogP contribution in [-0.4, -0.2) is 42.5 Å². The van der Waals surface area contributed by atoms with Crippen molar-refractivity contribution < 1.29 is 17.5 Å². The number of thiazole rings is 1. The van der Waals surface area contributed by atoms with Crippen LogP contribution in [-0.2, 0) is 29.7 Å². The molecule has 0 aliphatic carbocycles. The van der Waals surface area contributed by atoms with Crippen LogP contribution in [0.15, 0.2) is 70.5 Å². The third kappa shape index (κ3) is 6.22. The number of ether oxygens (including phenoxy) is 1. The molecule has 216 valence electrons. The van der Waals surface area contributed by atoms with Gasteiger partial charge in [0.2, 0.25) is 0 Å². The van der Waals surface area contributed by atoms with Crippen molar-refractivity contribution in [3.8, 4) is 5.75 Å². The fourth-order valence-corrected chi connectivity index (χ4v) is 6.83. The average molecular weight is 596 g/mol. The molecule has 4 aromatic rings. The molecule has 41 heavy (non-hydrogen) atoms. The second-order valence-corrected chi connectivity index (χ2v) is 13.2. The van der Waals surface area contributed by atoms with Crippen LogP contribution >= 0.6 is 11.3 Å². The van der Waals surface area contributed by atoms with Crippen LogP contribution in [0.4, 0.5) is 15.9 Å². The van der Waals surface area contributed by atoms with Crippen molar-refractivity contribution in [1.29, 1.82) is 0 Å². The van der Waals surface area contributed by atoms with Crippen molar-refractivity contribution in [3.05, 3.63) is 93.7 Å². The van der Waals surface area contributed by atoms with Crippen LogP contribution in [0.3, 0.4) is 0 Å². The number of halogens is 1. The number of aromatic nitrogens is 2. The van der Waals surface area contributed by atoms with E-state index < -0.39 is 10.0 Å². The first-order chi connectivity index (χ1) is 19.6. The second-order valence-electron chi connectivity index (χ2n) is 10.7. The minimum atomic E-state index is -4.04. The third-order valence-corrected chi connectivity index (χ3v) is 9.88. The molecule has 0 amide bonds. The van der Waals surface area contributed by atoms with E-state index in [1.807, 2.05) is 18.2 Å². The Morgan fingerprint density at radius 3 is 2.54 bits per heavy atom. The van der Waals surface area contributed by atoms with Gasteiger partial charge in [0, 0.05) is 36.1 Å². The molecule has 1 saturated heterocycles. The Hall–Kier alpha value is -3.54. The number of benzene rings is 2. The van der Waals surface area contributed by atoms with Crippen LogP contribution in [0.5, 0.6) is 5.75 Å². The summed E-state index contributed by atoms with van der Waals surface area (Å²) in [4.78, 5) is 11.1. The smallest absolute Gasteiger partial charge is 0.283 e. The van der Waals surface area contributed by atoms with E-state index in [-0.39, 0.29) is 29.5 Å². The van der Waals surface area contributed by atoms with Gasteiger partial charge in [0.25, 0.3) is 10.0 Å². The summed E-state index contributed by atoms with van der Waals surface area (Å²) in [6.45, 7) is 8.15. The van der Waals surface area contributed by atoms with Gasteiger partial charge in [-0.3, -0.25) is 4.90 Å². The Labute approximate surface area is 244 Å². The lowest BCUT2D eigenvalue weighted by Crippen LogP contribution is -2.55. The predicted molar refractivity (Wildman–Crippen MR) is 160 cm³/mol. The quantitative estimate of drug-likeness (QED) is 0.228. The molecule has 1 fully saturated rings. The molecule has 8 nitrogen and oxygen atoms in total. The standard InChI is InChI=1S/C30H34FN5O3S2/c1-21-27(32-16-25-23(6-5-7-26(25)31)18-35-15-14-30(35,2)3)12-13-29(34-21)41(37,38)36(28-19-40-20-33-28)17-22-8-10-24(39-4)11-9-22/h5-13,19-20,32H,14-18H2,1-4H3. The molecule has 0 atom stereocenters. The molecule has 1 aliphatic rings. The van der Waals surface area contributed by atoms with E-state index in [0.29, 0.717) is 35.1 Å². The van der Waals surface area contributed by atoms with Crippen molar-refractivity contribution in [2.75, 3.05) is 23.3 Å². The summed E-state index contributed by atoms with van der Waals surface area (Å²) in [5.41, 5.74) is 5.15. The van der Waals surface area contributed by atoms with E-state index in [0.717, 1.165) is 24.1 Å².